The van der Waals surface area contributed by atoms with E-state index in [-0.39, 0.29) is 6.04 Å². The molecule has 128 valence electrons. The maximum Gasteiger partial charge on any atom is 0.187 e. The lowest BCUT2D eigenvalue weighted by Crippen LogP contribution is -2.40. The first-order valence-electron chi connectivity index (χ1n) is 7.73. The van der Waals surface area contributed by atoms with Crippen LogP contribution in [-0.2, 0) is 4.74 Å². The van der Waals surface area contributed by atoms with Gasteiger partial charge in [0.25, 0.3) is 0 Å². The van der Waals surface area contributed by atoms with Crippen LogP contribution in [-0.4, -0.2) is 40.9 Å². The predicted molar refractivity (Wildman–Crippen MR) is 101 cm³/mol. The number of hydrogen-bond donors (Lipinski definition) is 2. The van der Waals surface area contributed by atoms with E-state index in [1.807, 2.05) is 55.8 Å². The number of benzene rings is 1. The molecule has 1 atom stereocenters. The van der Waals surface area contributed by atoms with Gasteiger partial charge in [-0.05, 0) is 45.1 Å². The van der Waals surface area contributed by atoms with E-state index < -0.39 is 0 Å². The lowest BCUT2D eigenvalue weighted by molar-refractivity contribution is 0.179. The molecule has 2 N–H and O–H groups in total. The van der Waals surface area contributed by atoms with Gasteiger partial charge in [0, 0.05) is 18.7 Å². The Balaban J connectivity index is 2.05. The number of aryl methyl sites for hydroxylation is 1. The van der Waals surface area contributed by atoms with Crippen molar-refractivity contribution in [2.45, 2.75) is 26.8 Å². The molecule has 0 aliphatic carbocycles. The SMILES string of the molecule is COC[C@H](C)NC(=S)N/N=C\c1c(C)nn(-c2ccccc2)c1C. The molecule has 6 nitrogen and oxygen atoms in total. The summed E-state index contributed by atoms with van der Waals surface area (Å²) in [6.45, 7) is 6.55. The number of ether oxygens (including phenoxy) is 1. The molecule has 0 aliphatic heterocycles. The van der Waals surface area contributed by atoms with Crippen LogP contribution in [0.3, 0.4) is 0 Å². The third-order valence-corrected chi connectivity index (χ3v) is 3.71. The van der Waals surface area contributed by atoms with Crippen molar-refractivity contribution in [3.05, 3.63) is 47.3 Å². The fraction of sp³-hybridized carbons (Fsp3) is 0.353. The van der Waals surface area contributed by atoms with Crippen LogP contribution in [0.2, 0.25) is 0 Å². The lowest BCUT2D eigenvalue weighted by atomic mass is 10.2. The highest BCUT2D eigenvalue weighted by molar-refractivity contribution is 7.80. The lowest BCUT2D eigenvalue weighted by Gasteiger charge is -2.13. The summed E-state index contributed by atoms with van der Waals surface area (Å²) in [5.74, 6) is 0. The van der Waals surface area contributed by atoms with Crippen LogP contribution < -0.4 is 10.7 Å². The van der Waals surface area contributed by atoms with Crippen molar-refractivity contribution in [2.24, 2.45) is 5.10 Å². The predicted octanol–water partition coefficient (Wildman–Crippen LogP) is 2.32. The highest BCUT2D eigenvalue weighted by Crippen LogP contribution is 2.15. The van der Waals surface area contributed by atoms with Gasteiger partial charge in [-0.2, -0.15) is 10.2 Å². The van der Waals surface area contributed by atoms with Gasteiger partial charge in [0.1, 0.15) is 0 Å². The van der Waals surface area contributed by atoms with Gasteiger partial charge in [0.05, 0.1) is 29.9 Å². The Kier molecular flexibility index (Phi) is 6.45. The summed E-state index contributed by atoms with van der Waals surface area (Å²) in [6, 6.07) is 10.1. The minimum Gasteiger partial charge on any atom is -0.383 e. The van der Waals surface area contributed by atoms with Crippen molar-refractivity contribution in [3.8, 4) is 5.69 Å². The number of nitrogens with one attached hydrogen (secondary N) is 2. The van der Waals surface area contributed by atoms with Crippen molar-refractivity contribution in [1.29, 1.82) is 0 Å². The fourth-order valence-electron chi connectivity index (χ4n) is 2.37. The first-order valence-corrected chi connectivity index (χ1v) is 8.14. The molecular weight excluding hydrogens is 322 g/mol. The number of aromatic nitrogens is 2. The van der Waals surface area contributed by atoms with Crippen LogP contribution >= 0.6 is 12.2 Å². The van der Waals surface area contributed by atoms with Gasteiger partial charge >= 0.3 is 0 Å². The van der Waals surface area contributed by atoms with Crippen molar-refractivity contribution < 1.29 is 4.74 Å². The van der Waals surface area contributed by atoms with E-state index in [0.717, 1.165) is 22.6 Å². The zero-order valence-corrected chi connectivity index (χ0v) is 15.2. The number of rotatable bonds is 6. The molecule has 0 fully saturated rings. The molecule has 1 aromatic heterocycles. The minimum absolute atomic E-state index is 0.120. The molecule has 24 heavy (non-hydrogen) atoms. The zero-order chi connectivity index (χ0) is 17.5. The van der Waals surface area contributed by atoms with Gasteiger partial charge in [0.2, 0.25) is 0 Å². The Bertz CT molecular complexity index is 711. The van der Waals surface area contributed by atoms with E-state index in [0.29, 0.717) is 11.7 Å². The molecule has 1 heterocycles. The molecule has 0 bridgehead atoms. The van der Waals surface area contributed by atoms with Crippen molar-refractivity contribution in [2.75, 3.05) is 13.7 Å². The second-order valence-corrected chi connectivity index (χ2v) is 5.94. The van der Waals surface area contributed by atoms with Gasteiger partial charge in [-0.3, -0.25) is 5.43 Å². The molecule has 0 radical (unpaired) electrons. The minimum atomic E-state index is 0.120. The highest BCUT2D eigenvalue weighted by atomic mass is 32.1. The summed E-state index contributed by atoms with van der Waals surface area (Å²) in [7, 11) is 1.66. The summed E-state index contributed by atoms with van der Waals surface area (Å²) < 4.78 is 6.97. The molecule has 7 heteroatoms. The van der Waals surface area contributed by atoms with Crippen molar-refractivity contribution >= 4 is 23.5 Å². The third-order valence-electron chi connectivity index (χ3n) is 3.50. The summed E-state index contributed by atoms with van der Waals surface area (Å²) in [4.78, 5) is 0. The van der Waals surface area contributed by atoms with Crippen LogP contribution in [0.25, 0.3) is 5.69 Å². The van der Waals surface area contributed by atoms with E-state index in [2.05, 4.69) is 20.9 Å². The van der Waals surface area contributed by atoms with E-state index in [9.17, 15) is 0 Å². The van der Waals surface area contributed by atoms with E-state index >= 15 is 0 Å². The standard InChI is InChI=1S/C17H23N5OS/c1-12(11-23-4)19-17(24)20-18-10-16-13(2)21-22(14(16)3)15-8-6-5-7-9-15/h5-10,12H,11H2,1-4H3,(H2,19,20,24)/b18-10-/t12-/m0/s1. The topological polar surface area (TPSA) is 63.5 Å². The molecule has 0 unspecified atom stereocenters. The average molecular weight is 345 g/mol. The Morgan fingerprint density at radius 2 is 2.08 bits per heavy atom. The average Bonchev–Trinajstić information content (AvgIpc) is 2.84. The molecule has 0 amide bonds. The maximum atomic E-state index is 5.19. The van der Waals surface area contributed by atoms with Gasteiger partial charge in [0.15, 0.2) is 5.11 Å². The molecule has 0 saturated carbocycles. The number of thiocarbonyl (C=S) groups is 1. The molecule has 0 spiro atoms. The van der Waals surface area contributed by atoms with Crippen LogP contribution in [0.15, 0.2) is 35.4 Å². The normalized spacial score (nSPS) is 12.3. The summed E-state index contributed by atoms with van der Waals surface area (Å²) in [5.41, 5.74) is 6.75. The Morgan fingerprint density at radius 1 is 1.38 bits per heavy atom. The molecular formula is C17H23N5OS. The Labute approximate surface area is 147 Å². The molecule has 1 aromatic carbocycles. The monoisotopic (exact) mass is 345 g/mol. The van der Waals surface area contributed by atoms with E-state index in [1.165, 1.54) is 0 Å². The van der Waals surface area contributed by atoms with Gasteiger partial charge in [-0.1, -0.05) is 18.2 Å². The summed E-state index contributed by atoms with van der Waals surface area (Å²) in [5, 5.41) is 12.3. The molecule has 2 aromatic rings. The molecule has 2 rings (SSSR count). The van der Waals surface area contributed by atoms with Gasteiger partial charge in [-0.15, -0.1) is 0 Å². The maximum absolute atomic E-state index is 5.19. The largest absolute Gasteiger partial charge is 0.383 e. The summed E-state index contributed by atoms with van der Waals surface area (Å²) >= 11 is 5.19. The van der Waals surface area contributed by atoms with Crippen LogP contribution in [0.1, 0.15) is 23.9 Å². The van der Waals surface area contributed by atoms with Gasteiger partial charge in [-0.25, -0.2) is 4.68 Å². The molecule has 0 aliphatic rings. The smallest absolute Gasteiger partial charge is 0.187 e. The fourth-order valence-corrected chi connectivity index (χ4v) is 2.62. The summed E-state index contributed by atoms with van der Waals surface area (Å²) in [6.07, 6.45) is 1.74. The number of hydrogen-bond acceptors (Lipinski definition) is 4. The van der Waals surface area contributed by atoms with Crippen LogP contribution in [0.5, 0.6) is 0 Å². The molecule has 0 saturated heterocycles. The quantitative estimate of drug-likeness (QED) is 0.478. The Hall–Kier alpha value is -2.25. The van der Waals surface area contributed by atoms with Crippen molar-refractivity contribution in [3.63, 3.8) is 0 Å². The van der Waals surface area contributed by atoms with Crippen LogP contribution in [0, 0.1) is 13.8 Å². The second-order valence-electron chi connectivity index (χ2n) is 5.53. The first-order chi connectivity index (χ1) is 11.5. The third kappa shape index (κ3) is 4.62. The number of para-hydroxylation sites is 1. The Morgan fingerprint density at radius 3 is 2.75 bits per heavy atom. The highest BCUT2D eigenvalue weighted by Gasteiger charge is 2.11. The van der Waals surface area contributed by atoms with E-state index in [1.54, 1.807) is 13.3 Å². The van der Waals surface area contributed by atoms with Crippen LogP contribution in [0.4, 0.5) is 0 Å². The zero-order valence-electron chi connectivity index (χ0n) is 14.4. The number of nitrogens with zero attached hydrogens (tertiary/aromatic N) is 3. The number of hydrazone groups is 1. The van der Waals surface area contributed by atoms with Gasteiger partial charge < -0.3 is 10.1 Å². The first kappa shape index (κ1) is 18.1. The van der Waals surface area contributed by atoms with Crippen molar-refractivity contribution in [1.82, 2.24) is 20.5 Å². The second kappa shape index (κ2) is 8.56. The van der Waals surface area contributed by atoms with E-state index in [4.69, 9.17) is 17.0 Å². The number of methoxy groups -OCH3 is 1.